The van der Waals surface area contributed by atoms with E-state index < -0.39 is 5.97 Å². The highest BCUT2D eigenvalue weighted by Crippen LogP contribution is 2.21. The number of rotatable bonds is 4. The van der Waals surface area contributed by atoms with E-state index >= 15 is 0 Å². The van der Waals surface area contributed by atoms with Gasteiger partial charge < -0.3 is 9.47 Å². The number of methoxy groups -OCH3 is 1. The lowest BCUT2D eigenvalue weighted by Crippen LogP contribution is -2.07. The number of hydrogen-bond donors (Lipinski definition) is 0. The van der Waals surface area contributed by atoms with E-state index in [0.717, 1.165) is 28.0 Å². The number of fused-ring (bicyclic) bond motifs is 1. The molecule has 128 valence electrons. The van der Waals surface area contributed by atoms with Gasteiger partial charge in [0.05, 0.1) is 35.1 Å². The molecule has 25 heavy (non-hydrogen) atoms. The molecule has 3 aromatic rings. The van der Waals surface area contributed by atoms with Crippen molar-refractivity contribution in [1.82, 2.24) is 9.97 Å². The molecule has 0 radical (unpaired) electrons. The van der Waals surface area contributed by atoms with Gasteiger partial charge in [0.1, 0.15) is 12.4 Å². The fourth-order valence-electron chi connectivity index (χ4n) is 2.60. The molecule has 1 aromatic heterocycles. The summed E-state index contributed by atoms with van der Waals surface area (Å²) in [5, 5.41) is 0. The summed E-state index contributed by atoms with van der Waals surface area (Å²) in [5.74, 6) is 0.305. The first-order valence-electron chi connectivity index (χ1n) is 8.03. The van der Waals surface area contributed by atoms with Crippen LogP contribution >= 0.6 is 0 Å². The van der Waals surface area contributed by atoms with Crippen molar-refractivity contribution in [2.24, 2.45) is 0 Å². The molecule has 3 rings (SSSR count). The van der Waals surface area contributed by atoms with Gasteiger partial charge in [-0.2, -0.15) is 0 Å². The van der Waals surface area contributed by atoms with E-state index in [1.165, 1.54) is 0 Å². The molecule has 5 nitrogen and oxygen atoms in total. The van der Waals surface area contributed by atoms with Crippen LogP contribution in [-0.2, 0) is 11.3 Å². The van der Waals surface area contributed by atoms with Gasteiger partial charge in [-0.25, -0.2) is 14.8 Å². The second-order valence-corrected chi connectivity index (χ2v) is 5.99. The fourth-order valence-corrected chi connectivity index (χ4v) is 2.60. The van der Waals surface area contributed by atoms with Gasteiger partial charge in [0, 0.05) is 5.56 Å². The van der Waals surface area contributed by atoms with Crippen LogP contribution < -0.4 is 4.74 Å². The summed E-state index contributed by atoms with van der Waals surface area (Å²) in [7, 11) is 1.60. The summed E-state index contributed by atoms with van der Waals surface area (Å²) in [5.41, 5.74) is 5.56. The Labute approximate surface area is 146 Å². The van der Waals surface area contributed by atoms with Gasteiger partial charge in [0.15, 0.2) is 0 Å². The monoisotopic (exact) mass is 336 g/mol. The van der Waals surface area contributed by atoms with Gasteiger partial charge in [-0.05, 0) is 51.1 Å². The molecule has 0 N–H and O–H groups in total. The van der Waals surface area contributed by atoms with Crippen molar-refractivity contribution in [3.05, 3.63) is 64.5 Å². The summed E-state index contributed by atoms with van der Waals surface area (Å²) in [6.07, 6.45) is 0. The Morgan fingerprint density at radius 2 is 1.68 bits per heavy atom. The predicted molar refractivity (Wildman–Crippen MR) is 95.9 cm³/mol. The van der Waals surface area contributed by atoms with Crippen molar-refractivity contribution in [2.45, 2.75) is 27.4 Å². The van der Waals surface area contributed by atoms with Gasteiger partial charge >= 0.3 is 5.97 Å². The number of ether oxygens (including phenoxy) is 2. The minimum Gasteiger partial charge on any atom is -0.496 e. The van der Waals surface area contributed by atoms with Gasteiger partial charge in [0.2, 0.25) is 0 Å². The lowest BCUT2D eigenvalue weighted by molar-refractivity contribution is 0.0470. The quantitative estimate of drug-likeness (QED) is 0.676. The molecule has 0 aliphatic carbocycles. The standard InChI is InChI=1S/C20H20N2O3/c1-12-5-8-19(24-4)16(9-12)11-25-20(23)15-6-7-17-18(10-15)22-14(3)13(2)21-17/h5-10H,11H2,1-4H3. The van der Waals surface area contributed by atoms with Crippen LogP contribution in [0.25, 0.3) is 11.0 Å². The molecule has 5 heteroatoms. The number of aromatic nitrogens is 2. The van der Waals surface area contributed by atoms with E-state index in [4.69, 9.17) is 9.47 Å². The molecular formula is C20H20N2O3. The Bertz CT molecular complexity index is 951. The first kappa shape index (κ1) is 16.9. The van der Waals surface area contributed by atoms with E-state index in [2.05, 4.69) is 9.97 Å². The van der Waals surface area contributed by atoms with Crippen molar-refractivity contribution in [1.29, 1.82) is 0 Å². The Balaban J connectivity index is 1.81. The molecule has 0 saturated carbocycles. The molecule has 0 unspecified atom stereocenters. The number of carbonyl (C=O) groups excluding carboxylic acids is 1. The SMILES string of the molecule is COc1ccc(C)cc1COC(=O)c1ccc2nc(C)c(C)nc2c1. The number of carbonyl (C=O) groups is 1. The van der Waals surface area contributed by atoms with Crippen LogP contribution in [0.5, 0.6) is 5.75 Å². The smallest absolute Gasteiger partial charge is 0.338 e. The normalized spacial score (nSPS) is 10.7. The summed E-state index contributed by atoms with van der Waals surface area (Å²) >= 11 is 0. The van der Waals surface area contributed by atoms with Gasteiger partial charge in [0.25, 0.3) is 0 Å². The second-order valence-electron chi connectivity index (χ2n) is 5.99. The molecule has 0 fully saturated rings. The average molecular weight is 336 g/mol. The average Bonchev–Trinajstić information content (AvgIpc) is 2.60. The molecule has 0 spiro atoms. The number of nitrogens with zero attached hydrogens (tertiary/aromatic N) is 2. The largest absolute Gasteiger partial charge is 0.496 e. The summed E-state index contributed by atoms with van der Waals surface area (Å²) < 4.78 is 10.8. The minimum absolute atomic E-state index is 0.153. The van der Waals surface area contributed by atoms with Crippen molar-refractivity contribution >= 4 is 17.0 Å². The van der Waals surface area contributed by atoms with Crippen molar-refractivity contribution < 1.29 is 14.3 Å². The predicted octanol–water partition coefficient (Wildman–Crippen LogP) is 3.92. The molecule has 0 saturated heterocycles. The first-order chi connectivity index (χ1) is 12.0. The second kappa shape index (κ2) is 6.89. The third-order valence-corrected chi connectivity index (χ3v) is 4.11. The molecule has 0 amide bonds. The van der Waals surface area contributed by atoms with Crippen LogP contribution in [0, 0.1) is 20.8 Å². The number of hydrogen-bond acceptors (Lipinski definition) is 5. The number of aryl methyl sites for hydroxylation is 3. The molecule has 2 aromatic carbocycles. The topological polar surface area (TPSA) is 61.3 Å². The van der Waals surface area contributed by atoms with E-state index in [9.17, 15) is 4.79 Å². The molecule has 0 atom stereocenters. The molecular weight excluding hydrogens is 316 g/mol. The maximum absolute atomic E-state index is 12.4. The molecule has 1 heterocycles. The van der Waals surface area contributed by atoms with E-state index in [-0.39, 0.29) is 6.61 Å². The highest BCUT2D eigenvalue weighted by molar-refractivity contribution is 5.93. The summed E-state index contributed by atoms with van der Waals surface area (Å²) in [6.45, 7) is 5.95. The van der Waals surface area contributed by atoms with Gasteiger partial charge in [-0.3, -0.25) is 0 Å². The van der Waals surface area contributed by atoms with Gasteiger partial charge in [-0.1, -0.05) is 11.6 Å². The van der Waals surface area contributed by atoms with Crippen molar-refractivity contribution in [3.8, 4) is 5.75 Å². The molecule has 0 bridgehead atoms. The number of benzene rings is 2. The Hall–Kier alpha value is -2.95. The Morgan fingerprint density at radius 1 is 0.960 bits per heavy atom. The third-order valence-electron chi connectivity index (χ3n) is 4.11. The fraction of sp³-hybridized carbons (Fsp3) is 0.250. The maximum Gasteiger partial charge on any atom is 0.338 e. The highest BCUT2D eigenvalue weighted by atomic mass is 16.5. The lowest BCUT2D eigenvalue weighted by atomic mass is 10.1. The van der Waals surface area contributed by atoms with Crippen LogP contribution in [0.1, 0.15) is 32.9 Å². The third kappa shape index (κ3) is 3.60. The van der Waals surface area contributed by atoms with Crippen LogP contribution in [0.4, 0.5) is 0 Å². The molecule has 0 aliphatic rings. The number of esters is 1. The van der Waals surface area contributed by atoms with Crippen LogP contribution in [0.2, 0.25) is 0 Å². The zero-order valence-electron chi connectivity index (χ0n) is 14.8. The Morgan fingerprint density at radius 3 is 2.40 bits per heavy atom. The van der Waals surface area contributed by atoms with Crippen molar-refractivity contribution in [3.63, 3.8) is 0 Å². The molecule has 0 aliphatic heterocycles. The highest BCUT2D eigenvalue weighted by Gasteiger charge is 2.12. The van der Waals surface area contributed by atoms with Crippen LogP contribution in [-0.4, -0.2) is 23.0 Å². The first-order valence-corrected chi connectivity index (χ1v) is 8.03. The minimum atomic E-state index is -0.398. The van der Waals surface area contributed by atoms with Crippen LogP contribution in [0.15, 0.2) is 36.4 Å². The summed E-state index contributed by atoms with van der Waals surface area (Å²) in [4.78, 5) is 21.3. The Kier molecular flexibility index (Phi) is 4.65. The van der Waals surface area contributed by atoms with Crippen LogP contribution in [0.3, 0.4) is 0 Å². The zero-order valence-corrected chi connectivity index (χ0v) is 14.8. The van der Waals surface area contributed by atoms with Gasteiger partial charge in [-0.15, -0.1) is 0 Å². The maximum atomic E-state index is 12.4. The summed E-state index contributed by atoms with van der Waals surface area (Å²) in [6, 6.07) is 11.0. The van der Waals surface area contributed by atoms with E-state index in [0.29, 0.717) is 16.8 Å². The lowest BCUT2D eigenvalue weighted by Gasteiger charge is -2.10. The van der Waals surface area contributed by atoms with E-state index in [1.54, 1.807) is 25.3 Å². The van der Waals surface area contributed by atoms with E-state index in [1.807, 2.05) is 39.0 Å². The zero-order chi connectivity index (χ0) is 18.0. The van der Waals surface area contributed by atoms with Crippen molar-refractivity contribution in [2.75, 3.05) is 7.11 Å².